The SMILES string of the molecule is O=CCc1ccc2cccnc2c1-c1cc(F)cc(F)c1. The van der Waals surface area contributed by atoms with Gasteiger partial charge in [0.15, 0.2) is 0 Å². The molecule has 0 amide bonds. The van der Waals surface area contributed by atoms with E-state index in [1.165, 1.54) is 12.1 Å². The Morgan fingerprint density at radius 2 is 1.81 bits per heavy atom. The fourth-order valence-corrected chi connectivity index (χ4v) is 2.47. The van der Waals surface area contributed by atoms with Gasteiger partial charge in [0.25, 0.3) is 0 Å². The summed E-state index contributed by atoms with van der Waals surface area (Å²) in [5.41, 5.74) is 2.30. The molecule has 0 fully saturated rings. The van der Waals surface area contributed by atoms with Crippen molar-refractivity contribution in [2.24, 2.45) is 0 Å². The van der Waals surface area contributed by atoms with Gasteiger partial charge in [0.2, 0.25) is 0 Å². The topological polar surface area (TPSA) is 30.0 Å². The van der Waals surface area contributed by atoms with E-state index < -0.39 is 11.6 Å². The molecule has 1 aromatic heterocycles. The summed E-state index contributed by atoms with van der Waals surface area (Å²) in [5, 5.41) is 0.854. The van der Waals surface area contributed by atoms with Crippen molar-refractivity contribution in [3.63, 3.8) is 0 Å². The summed E-state index contributed by atoms with van der Waals surface area (Å²) >= 11 is 0. The maximum Gasteiger partial charge on any atom is 0.126 e. The molecule has 0 radical (unpaired) electrons. The second-order valence-electron chi connectivity index (χ2n) is 4.70. The molecule has 3 aromatic rings. The lowest BCUT2D eigenvalue weighted by atomic mass is 9.94. The second-order valence-corrected chi connectivity index (χ2v) is 4.70. The summed E-state index contributed by atoms with van der Waals surface area (Å²) < 4.78 is 27.0. The fraction of sp³-hybridized carbons (Fsp3) is 0.0588. The average molecular weight is 283 g/mol. The molecule has 0 unspecified atom stereocenters. The number of fused-ring (bicyclic) bond motifs is 1. The third kappa shape index (κ3) is 2.52. The summed E-state index contributed by atoms with van der Waals surface area (Å²) in [6, 6.07) is 10.6. The van der Waals surface area contributed by atoms with Gasteiger partial charge in [-0.1, -0.05) is 18.2 Å². The Labute approximate surface area is 120 Å². The van der Waals surface area contributed by atoms with Crippen LogP contribution in [-0.2, 0) is 11.2 Å². The first-order chi connectivity index (χ1) is 10.2. The van der Waals surface area contributed by atoms with Gasteiger partial charge in [-0.2, -0.15) is 0 Å². The molecule has 2 nitrogen and oxygen atoms in total. The van der Waals surface area contributed by atoms with Gasteiger partial charge >= 0.3 is 0 Å². The van der Waals surface area contributed by atoms with E-state index in [4.69, 9.17) is 0 Å². The standard InChI is InChI=1S/C17H11F2NO/c18-14-8-13(9-15(19)10-14)16-11(5-7-21)3-4-12-2-1-6-20-17(12)16/h1-4,6-10H,5H2. The lowest BCUT2D eigenvalue weighted by Crippen LogP contribution is -1.95. The van der Waals surface area contributed by atoms with Crippen molar-refractivity contribution >= 4 is 17.2 Å². The van der Waals surface area contributed by atoms with E-state index in [0.29, 0.717) is 22.2 Å². The van der Waals surface area contributed by atoms with Crippen molar-refractivity contribution < 1.29 is 13.6 Å². The van der Waals surface area contributed by atoms with Crippen LogP contribution < -0.4 is 0 Å². The summed E-state index contributed by atoms with van der Waals surface area (Å²) in [7, 11) is 0. The number of benzene rings is 2. The van der Waals surface area contributed by atoms with Gasteiger partial charge in [-0.3, -0.25) is 4.98 Å². The Balaban J connectivity index is 2.36. The summed E-state index contributed by atoms with van der Waals surface area (Å²) in [4.78, 5) is 15.2. The molecule has 0 atom stereocenters. The minimum absolute atomic E-state index is 0.167. The van der Waals surface area contributed by atoms with Crippen LogP contribution in [0.1, 0.15) is 5.56 Å². The Bertz CT molecular complexity index is 810. The smallest absolute Gasteiger partial charge is 0.126 e. The number of aromatic nitrogens is 1. The van der Waals surface area contributed by atoms with Crippen LogP contribution in [0.5, 0.6) is 0 Å². The van der Waals surface area contributed by atoms with E-state index >= 15 is 0 Å². The van der Waals surface area contributed by atoms with Gasteiger partial charge in [-0.15, -0.1) is 0 Å². The van der Waals surface area contributed by atoms with Gasteiger partial charge in [-0.05, 0) is 29.3 Å². The molecule has 4 heteroatoms. The van der Waals surface area contributed by atoms with Crippen molar-refractivity contribution in [2.45, 2.75) is 6.42 Å². The number of pyridine rings is 1. The molecular formula is C17H11F2NO. The maximum absolute atomic E-state index is 13.5. The van der Waals surface area contributed by atoms with Gasteiger partial charge in [0.1, 0.15) is 17.9 Å². The number of hydrogen-bond acceptors (Lipinski definition) is 2. The van der Waals surface area contributed by atoms with E-state index in [9.17, 15) is 13.6 Å². The van der Waals surface area contributed by atoms with Gasteiger partial charge in [-0.25, -0.2) is 8.78 Å². The van der Waals surface area contributed by atoms with Crippen LogP contribution in [0, 0.1) is 11.6 Å². The van der Waals surface area contributed by atoms with Gasteiger partial charge < -0.3 is 4.79 Å². The first-order valence-electron chi connectivity index (χ1n) is 6.46. The van der Waals surface area contributed by atoms with Crippen LogP contribution in [0.2, 0.25) is 0 Å². The van der Waals surface area contributed by atoms with E-state index in [0.717, 1.165) is 17.7 Å². The van der Waals surface area contributed by atoms with E-state index in [2.05, 4.69) is 4.98 Å². The number of rotatable bonds is 3. The third-order valence-electron chi connectivity index (χ3n) is 3.32. The lowest BCUT2D eigenvalue weighted by molar-refractivity contribution is -0.107. The predicted molar refractivity (Wildman–Crippen MR) is 76.9 cm³/mol. The summed E-state index contributed by atoms with van der Waals surface area (Å²) in [5.74, 6) is -1.31. The Kier molecular flexibility index (Phi) is 3.44. The van der Waals surface area contributed by atoms with Crippen LogP contribution >= 0.6 is 0 Å². The molecule has 21 heavy (non-hydrogen) atoms. The minimum Gasteiger partial charge on any atom is -0.303 e. The van der Waals surface area contributed by atoms with Crippen LogP contribution in [0.4, 0.5) is 8.78 Å². The second kappa shape index (κ2) is 5.40. The van der Waals surface area contributed by atoms with Crippen molar-refractivity contribution in [3.8, 4) is 11.1 Å². The molecule has 0 aliphatic heterocycles. The third-order valence-corrected chi connectivity index (χ3v) is 3.32. The molecule has 0 saturated heterocycles. The molecule has 3 rings (SSSR count). The zero-order valence-electron chi connectivity index (χ0n) is 11.0. The zero-order valence-corrected chi connectivity index (χ0v) is 11.0. The molecule has 1 heterocycles. The Morgan fingerprint density at radius 3 is 2.52 bits per heavy atom. The fourth-order valence-electron chi connectivity index (χ4n) is 2.47. The molecule has 104 valence electrons. The molecule has 0 saturated carbocycles. The van der Waals surface area contributed by atoms with Crippen molar-refractivity contribution in [3.05, 3.63) is 65.9 Å². The monoisotopic (exact) mass is 283 g/mol. The normalized spacial score (nSPS) is 10.8. The molecule has 0 spiro atoms. The van der Waals surface area contributed by atoms with E-state index in [1.807, 2.05) is 12.1 Å². The van der Waals surface area contributed by atoms with E-state index in [1.54, 1.807) is 18.3 Å². The first-order valence-corrected chi connectivity index (χ1v) is 6.46. The Morgan fingerprint density at radius 1 is 1.05 bits per heavy atom. The number of carbonyl (C=O) groups is 1. The van der Waals surface area contributed by atoms with Crippen molar-refractivity contribution in [1.29, 1.82) is 0 Å². The van der Waals surface area contributed by atoms with Gasteiger partial charge in [0, 0.05) is 29.6 Å². The van der Waals surface area contributed by atoms with Crippen LogP contribution in [-0.4, -0.2) is 11.3 Å². The maximum atomic E-state index is 13.5. The van der Waals surface area contributed by atoms with Crippen molar-refractivity contribution in [2.75, 3.05) is 0 Å². The quantitative estimate of drug-likeness (QED) is 0.682. The molecule has 0 aliphatic rings. The highest BCUT2D eigenvalue weighted by Crippen LogP contribution is 2.32. The molecule has 2 aromatic carbocycles. The number of hydrogen-bond donors (Lipinski definition) is 0. The Hall–Kier alpha value is -2.62. The number of nitrogens with zero attached hydrogens (tertiary/aromatic N) is 1. The summed E-state index contributed by atoms with van der Waals surface area (Å²) in [6.07, 6.45) is 2.55. The largest absolute Gasteiger partial charge is 0.303 e. The van der Waals surface area contributed by atoms with E-state index in [-0.39, 0.29) is 6.42 Å². The molecule has 0 bridgehead atoms. The first kappa shape index (κ1) is 13.4. The molecule has 0 N–H and O–H groups in total. The highest BCUT2D eigenvalue weighted by atomic mass is 19.1. The van der Waals surface area contributed by atoms with Crippen molar-refractivity contribution in [1.82, 2.24) is 4.98 Å². The highest BCUT2D eigenvalue weighted by molar-refractivity contribution is 5.96. The average Bonchev–Trinajstić information content (AvgIpc) is 2.46. The number of aldehydes is 1. The number of halogens is 2. The minimum atomic E-state index is -0.657. The van der Waals surface area contributed by atoms with Crippen LogP contribution in [0.3, 0.4) is 0 Å². The highest BCUT2D eigenvalue weighted by Gasteiger charge is 2.13. The van der Waals surface area contributed by atoms with Gasteiger partial charge in [0.05, 0.1) is 5.52 Å². The molecular weight excluding hydrogens is 272 g/mol. The molecule has 0 aliphatic carbocycles. The number of carbonyl (C=O) groups excluding carboxylic acids is 1. The predicted octanol–water partition coefficient (Wildman–Crippen LogP) is 3.92. The zero-order chi connectivity index (χ0) is 14.8. The lowest BCUT2D eigenvalue weighted by Gasteiger charge is -2.11. The summed E-state index contributed by atoms with van der Waals surface area (Å²) in [6.45, 7) is 0. The van der Waals surface area contributed by atoms with Crippen LogP contribution in [0.25, 0.3) is 22.0 Å². The van der Waals surface area contributed by atoms with Crippen LogP contribution in [0.15, 0.2) is 48.7 Å².